The predicted octanol–water partition coefficient (Wildman–Crippen LogP) is 4.40. The van der Waals surface area contributed by atoms with Crippen LogP contribution in [0.5, 0.6) is 0 Å². The molecule has 0 saturated heterocycles. The molecular formula is C24H31Cl2N3O4S. The first-order chi connectivity index (χ1) is 15.8. The van der Waals surface area contributed by atoms with Crippen LogP contribution in [0.15, 0.2) is 42.5 Å². The van der Waals surface area contributed by atoms with Gasteiger partial charge in [0.15, 0.2) is 0 Å². The van der Waals surface area contributed by atoms with Crippen LogP contribution in [0.25, 0.3) is 0 Å². The molecule has 0 aliphatic heterocycles. The van der Waals surface area contributed by atoms with Crippen molar-refractivity contribution in [3.05, 3.63) is 63.6 Å². The standard InChI is InChI=1S/C24H31Cl2N3O4S/c1-6-22(24(31)27-16(2)3)28(14-18-10-11-20(25)21(26)13-18)23(30)15-29(34(5,32)33)19-9-7-8-17(4)12-19/h7-13,16,22H,6,14-15H2,1-5H3,(H,27,31)/t22-/m1/s1. The Morgan fingerprint density at radius 1 is 1.06 bits per heavy atom. The fourth-order valence-corrected chi connectivity index (χ4v) is 4.69. The van der Waals surface area contributed by atoms with Crippen molar-refractivity contribution in [1.82, 2.24) is 10.2 Å². The lowest BCUT2D eigenvalue weighted by atomic mass is 10.1. The van der Waals surface area contributed by atoms with Gasteiger partial charge in [-0.1, -0.05) is 48.3 Å². The van der Waals surface area contributed by atoms with Gasteiger partial charge in [-0.25, -0.2) is 8.42 Å². The van der Waals surface area contributed by atoms with E-state index in [9.17, 15) is 18.0 Å². The second kappa shape index (κ2) is 11.9. The Morgan fingerprint density at radius 3 is 2.26 bits per heavy atom. The van der Waals surface area contributed by atoms with E-state index in [4.69, 9.17) is 23.2 Å². The third-order valence-corrected chi connectivity index (χ3v) is 7.00. The molecule has 0 fully saturated rings. The van der Waals surface area contributed by atoms with E-state index >= 15 is 0 Å². The molecule has 0 aliphatic rings. The van der Waals surface area contributed by atoms with E-state index < -0.39 is 28.5 Å². The monoisotopic (exact) mass is 527 g/mol. The first kappa shape index (κ1) is 28.0. The molecule has 2 aromatic carbocycles. The van der Waals surface area contributed by atoms with E-state index in [0.717, 1.165) is 16.1 Å². The SMILES string of the molecule is CC[C@H](C(=O)NC(C)C)N(Cc1ccc(Cl)c(Cl)c1)C(=O)CN(c1cccc(C)c1)S(C)(=O)=O. The first-order valence-electron chi connectivity index (χ1n) is 10.9. The minimum Gasteiger partial charge on any atom is -0.352 e. The van der Waals surface area contributed by atoms with E-state index in [2.05, 4.69) is 5.32 Å². The number of rotatable bonds is 10. The number of benzene rings is 2. The lowest BCUT2D eigenvalue weighted by Crippen LogP contribution is -2.53. The van der Waals surface area contributed by atoms with Crippen LogP contribution < -0.4 is 9.62 Å². The highest BCUT2D eigenvalue weighted by Gasteiger charge is 2.32. The number of anilines is 1. The van der Waals surface area contributed by atoms with Crippen LogP contribution in [-0.4, -0.2) is 50.0 Å². The summed E-state index contributed by atoms with van der Waals surface area (Å²) in [6.07, 6.45) is 1.39. The molecule has 0 aromatic heterocycles. The molecule has 2 amide bonds. The van der Waals surface area contributed by atoms with Crippen LogP contribution in [0.3, 0.4) is 0 Å². The molecule has 34 heavy (non-hydrogen) atoms. The minimum atomic E-state index is -3.77. The van der Waals surface area contributed by atoms with Crippen LogP contribution >= 0.6 is 23.2 Å². The van der Waals surface area contributed by atoms with Gasteiger partial charge in [0, 0.05) is 12.6 Å². The fourth-order valence-electron chi connectivity index (χ4n) is 3.53. The average Bonchev–Trinajstić information content (AvgIpc) is 2.72. The Kier molecular flexibility index (Phi) is 9.79. The van der Waals surface area contributed by atoms with Gasteiger partial charge in [-0.3, -0.25) is 13.9 Å². The van der Waals surface area contributed by atoms with Crippen LogP contribution in [0, 0.1) is 6.92 Å². The zero-order valence-corrected chi connectivity index (χ0v) is 22.3. The lowest BCUT2D eigenvalue weighted by Gasteiger charge is -2.33. The molecule has 0 aliphatic carbocycles. The highest BCUT2D eigenvalue weighted by molar-refractivity contribution is 7.92. The van der Waals surface area contributed by atoms with Crippen molar-refractivity contribution in [2.24, 2.45) is 0 Å². The lowest BCUT2D eigenvalue weighted by molar-refractivity contribution is -0.140. The predicted molar refractivity (Wildman–Crippen MR) is 138 cm³/mol. The summed E-state index contributed by atoms with van der Waals surface area (Å²) in [6, 6.07) is 10.9. The first-order valence-corrected chi connectivity index (χ1v) is 13.5. The number of hydrogen-bond acceptors (Lipinski definition) is 4. The van der Waals surface area contributed by atoms with E-state index in [0.29, 0.717) is 27.7 Å². The van der Waals surface area contributed by atoms with Crippen LogP contribution in [0.4, 0.5) is 5.69 Å². The quantitative estimate of drug-likeness (QED) is 0.495. The molecule has 0 bridgehead atoms. The Labute approximate surface area is 212 Å². The van der Waals surface area contributed by atoms with Gasteiger partial charge in [-0.05, 0) is 62.6 Å². The van der Waals surface area contributed by atoms with Gasteiger partial charge in [-0.2, -0.15) is 0 Å². The molecule has 2 aromatic rings. The number of carbonyl (C=O) groups excluding carboxylic acids is 2. The molecule has 7 nitrogen and oxygen atoms in total. The van der Waals surface area contributed by atoms with Gasteiger partial charge in [0.1, 0.15) is 12.6 Å². The summed E-state index contributed by atoms with van der Waals surface area (Å²) in [4.78, 5) is 27.9. The molecule has 0 radical (unpaired) electrons. The van der Waals surface area contributed by atoms with Gasteiger partial charge in [0.2, 0.25) is 21.8 Å². The van der Waals surface area contributed by atoms with Gasteiger partial charge in [0.05, 0.1) is 22.0 Å². The van der Waals surface area contributed by atoms with E-state index in [1.807, 2.05) is 26.8 Å². The van der Waals surface area contributed by atoms with Crippen molar-refractivity contribution in [3.63, 3.8) is 0 Å². The number of sulfonamides is 1. The second-order valence-corrected chi connectivity index (χ2v) is 11.2. The Morgan fingerprint density at radius 2 is 1.74 bits per heavy atom. The maximum Gasteiger partial charge on any atom is 0.244 e. The normalized spacial score (nSPS) is 12.4. The van der Waals surface area contributed by atoms with Crippen LogP contribution in [0.2, 0.25) is 10.0 Å². The third kappa shape index (κ3) is 7.61. The molecule has 1 N–H and O–H groups in total. The zero-order valence-electron chi connectivity index (χ0n) is 20.0. The smallest absolute Gasteiger partial charge is 0.244 e. The van der Waals surface area contributed by atoms with Crippen molar-refractivity contribution < 1.29 is 18.0 Å². The van der Waals surface area contributed by atoms with Crippen molar-refractivity contribution in [2.45, 2.75) is 52.7 Å². The van der Waals surface area contributed by atoms with E-state index in [1.54, 1.807) is 43.3 Å². The fraction of sp³-hybridized carbons (Fsp3) is 0.417. The van der Waals surface area contributed by atoms with Gasteiger partial charge < -0.3 is 10.2 Å². The second-order valence-electron chi connectivity index (χ2n) is 8.47. The van der Waals surface area contributed by atoms with Crippen molar-refractivity contribution in [2.75, 3.05) is 17.1 Å². The molecule has 186 valence electrons. The average molecular weight is 529 g/mol. The number of aryl methyl sites for hydroxylation is 1. The van der Waals surface area contributed by atoms with Crippen molar-refractivity contribution in [3.8, 4) is 0 Å². The molecule has 2 rings (SSSR count). The number of halogens is 2. The Bertz CT molecular complexity index is 1140. The largest absolute Gasteiger partial charge is 0.352 e. The Balaban J connectivity index is 2.46. The zero-order chi connectivity index (χ0) is 25.6. The van der Waals surface area contributed by atoms with Gasteiger partial charge in [-0.15, -0.1) is 0 Å². The summed E-state index contributed by atoms with van der Waals surface area (Å²) < 4.78 is 26.3. The summed E-state index contributed by atoms with van der Waals surface area (Å²) in [5.41, 5.74) is 1.90. The van der Waals surface area contributed by atoms with Crippen LogP contribution in [0.1, 0.15) is 38.3 Å². The molecular weight excluding hydrogens is 497 g/mol. The molecule has 0 saturated carbocycles. The summed E-state index contributed by atoms with van der Waals surface area (Å²) >= 11 is 12.2. The third-order valence-electron chi connectivity index (χ3n) is 5.12. The molecule has 10 heteroatoms. The topological polar surface area (TPSA) is 86.8 Å². The summed E-state index contributed by atoms with van der Waals surface area (Å²) in [5.74, 6) is -0.823. The summed E-state index contributed by atoms with van der Waals surface area (Å²) in [6.45, 7) is 6.91. The number of carbonyl (C=O) groups is 2. The van der Waals surface area contributed by atoms with Gasteiger partial charge in [0.25, 0.3) is 0 Å². The molecule has 1 atom stereocenters. The van der Waals surface area contributed by atoms with Gasteiger partial charge >= 0.3 is 0 Å². The number of nitrogens with one attached hydrogen (secondary N) is 1. The minimum absolute atomic E-state index is 0.0607. The maximum absolute atomic E-state index is 13.6. The highest BCUT2D eigenvalue weighted by Crippen LogP contribution is 2.25. The molecule has 0 spiro atoms. The van der Waals surface area contributed by atoms with E-state index in [-0.39, 0.29) is 18.5 Å². The van der Waals surface area contributed by atoms with E-state index in [1.165, 1.54) is 4.90 Å². The molecule has 0 heterocycles. The highest BCUT2D eigenvalue weighted by atomic mass is 35.5. The molecule has 0 unspecified atom stereocenters. The number of amides is 2. The number of hydrogen-bond donors (Lipinski definition) is 1. The summed E-state index contributed by atoms with van der Waals surface area (Å²) in [7, 11) is -3.77. The summed E-state index contributed by atoms with van der Waals surface area (Å²) in [5, 5.41) is 3.54. The number of nitrogens with zero attached hydrogens (tertiary/aromatic N) is 2. The van der Waals surface area contributed by atoms with Crippen molar-refractivity contribution >= 4 is 50.7 Å². The Hall–Kier alpha value is -2.29. The maximum atomic E-state index is 13.6. The van der Waals surface area contributed by atoms with Crippen molar-refractivity contribution in [1.29, 1.82) is 0 Å². The van der Waals surface area contributed by atoms with Crippen LogP contribution in [-0.2, 0) is 26.2 Å².